The molecule has 4 nitrogen and oxygen atoms in total. The van der Waals surface area contributed by atoms with Crippen LogP contribution in [-0.4, -0.2) is 23.6 Å². The minimum Gasteiger partial charge on any atom is -0.363 e. The monoisotopic (exact) mass is 190 g/mol. The van der Waals surface area contributed by atoms with Crippen molar-refractivity contribution in [1.29, 1.82) is 0 Å². The number of aromatic nitrogens is 1. The van der Waals surface area contributed by atoms with Crippen molar-refractivity contribution in [2.45, 2.75) is 12.7 Å². The van der Waals surface area contributed by atoms with Crippen molar-refractivity contribution < 1.29 is 9.57 Å². The Morgan fingerprint density at radius 3 is 3.29 bits per heavy atom. The summed E-state index contributed by atoms with van der Waals surface area (Å²) in [6.45, 7) is 0.759. The molecule has 1 saturated heterocycles. The zero-order valence-electron chi connectivity index (χ0n) is 7.59. The summed E-state index contributed by atoms with van der Waals surface area (Å²) in [6.07, 6.45) is 4.38. The second kappa shape index (κ2) is 3.06. The Balaban J connectivity index is 1.93. The second-order valence-corrected chi connectivity index (χ2v) is 3.46. The lowest BCUT2D eigenvalue weighted by Gasteiger charge is -2.06. The molecule has 0 amide bonds. The standard InChI is InChI=1S/C10H10N2O2/c1-2-7(6-11-4-1)9-8-3-5-13-10(8)14-12-9/h1-2,4,6,8,10H,3,5H2/t8-,10+/m1/s1. The quantitative estimate of drug-likeness (QED) is 0.667. The van der Waals surface area contributed by atoms with Crippen molar-refractivity contribution in [3.63, 3.8) is 0 Å². The van der Waals surface area contributed by atoms with Gasteiger partial charge < -0.3 is 9.57 Å². The van der Waals surface area contributed by atoms with E-state index in [0.29, 0.717) is 5.92 Å². The van der Waals surface area contributed by atoms with E-state index in [1.807, 2.05) is 18.3 Å². The van der Waals surface area contributed by atoms with E-state index < -0.39 is 0 Å². The molecular formula is C10H10N2O2. The molecule has 0 spiro atoms. The van der Waals surface area contributed by atoms with E-state index >= 15 is 0 Å². The van der Waals surface area contributed by atoms with Gasteiger partial charge in [0, 0.05) is 18.0 Å². The molecule has 0 aromatic carbocycles. The normalized spacial score (nSPS) is 29.6. The van der Waals surface area contributed by atoms with E-state index in [9.17, 15) is 0 Å². The van der Waals surface area contributed by atoms with Gasteiger partial charge in [0.1, 0.15) is 0 Å². The molecule has 1 aromatic rings. The Hall–Kier alpha value is -1.42. The molecule has 0 unspecified atom stereocenters. The number of hydrogen-bond acceptors (Lipinski definition) is 4. The van der Waals surface area contributed by atoms with Crippen molar-refractivity contribution in [3.05, 3.63) is 30.1 Å². The molecular weight excluding hydrogens is 180 g/mol. The predicted molar refractivity (Wildman–Crippen MR) is 49.7 cm³/mol. The Labute approximate surface area is 81.5 Å². The maximum absolute atomic E-state index is 5.37. The Bertz CT molecular complexity index is 364. The number of pyridine rings is 1. The first-order valence-electron chi connectivity index (χ1n) is 4.71. The lowest BCUT2D eigenvalue weighted by atomic mass is 9.97. The van der Waals surface area contributed by atoms with Crippen LogP contribution in [0.15, 0.2) is 29.7 Å². The molecule has 2 atom stereocenters. The van der Waals surface area contributed by atoms with Gasteiger partial charge in [-0.25, -0.2) is 0 Å². The third-order valence-corrected chi connectivity index (χ3v) is 2.60. The zero-order valence-corrected chi connectivity index (χ0v) is 7.59. The topological polar surface area (TPSA) is 43.7 Å². The minimum absolute atomic E-state index is 0.162. The molecule has 1 aromatic heterocycles. The van der Waals surface area contributed by atoms with Gasteiger partial charge in [0.15, 0.2) is 0 Å². The molecule has 72 valence electrons. The molecule has 3 rings (SSSR count). The summed E-state index contributed by atoms with van der Waals surface area (Å²) >= 11 is 0. The average molecular weight is 190 g/mol. The van der Waals surface area contributed by atoms with Gasteiger partial charge in [0.05, 0.1) is 18.2 Å². The van der Waals surface area contributed by atoms with Gasteiger partial charge in [0.2, 0.25) is 6.29 Å². The van der Waals surface area contributed by atoms with E-state index in [-0.39, 0.29) is 6.29 Å². The van der Waals surface area contributed by atoms with Crippen molar-refractivity contribution in [3.8, 4) is 0 Å². The molecule has 0 N–H and O–H groups in total. The molecule has 3 heterocycles. The fourth-order valence-corrected chi connectivity index (χ4v) is 1.89. The summed E-state index contributed by atoms with van der Waals surface area (Å²) in [6, 6.07) is 3.90. The molecule has 4 heteroatoms. The number of oxime groups is 1. The van der Waals surface area contributed by atoms with E-state index in [1.54, 1.807) is 6.20 Å². The molecule has 1 fully saturated rings. The van der Waals surface area contributed by atoms with Crippen LogP contribution in [0.4, 0.5) is 0 Å². The van der Waals surface area contributed by atoms with Crippen molar-refractivity contribution in [2.24, 2.45) is 11.1 Å². The highest BCUT2D eigenvalue weighted by Gasteiger charge is 2.39. The smallest absolute Gasteiger partial charge is 0.235 e. The van der Waals surface area contributed by atoms with Gasteiger partial charge in [-0.1, -0.05) is 5.16 Å². The molecule has 0 saturated carbocycles. The maximum atomic E-state index is 5.37. The number of fused-ring (bicyclic) bond motifs is 1. The lowest BCUT2D eigenvalue weighted by Crippen LogP contribution is -2.18. The Kier molecular flexibility index (Phi) is 1.73. The number of hydrogen-bond donors (Lipinski definition) is 0. The van der Waals surface area contributed by atoms with E-state index in [1.165, 1.54) is 0 Å². The predicted octanol–water partition coefficient (Wildman–Crippen LogP) is 1.18. The van der Waals surface area contributed by atoms with Crippen LogP contribution < -0.4 is 0 Å². The van der Waals surface area contributed by atoms with Gasteiger partial charge >= 0.3 is 0 Å². The van der Waals surface area contributed by atoms with E-state index in [0.717, 1.165) is 24.3 Å². The molecule has 0 aliphatic carbocycles. The molecule has 0 bridgehead atoms. The summed E-state index contributed by atoms with van der Waals surface area (Å²) in [5, 5.41) is 4.04. The summed E-state index contributed by atoms with van der Waals surface area (Å²) in [7, 11) is 0. The SMILES string of the molecule is c1cncc(C2=NO[C@@H]3OCC[C@H]23)c1. The van der Waals surface area contributed by atoms with Crippen LogP contribution >= 0.6 is 0 Å². The number of ether oxygens (including phenoxy) is 1. The van der Waals surface area contributed by atoms with E-state index in [2.05, 4.69) is 10.1 Å². The fourth-order valence-electron chi connectivity index (χ4n) is 1.89. The van der Waals surface area contributed by atoms with Crippen molar-refractivity contribution >= 4 is 5.71 Å². The first-order chi connectivity index (χ1) is 6.95. The van der Waals surface area contributed by atoms with Crippen LogP contribution in [0.1, 0.15) is 12.0 Å². The van der Waals surface area contributed by atoms with Gasteiger partial charge in [-0.15, -0.1) is 0 Å². The first kappa shape index (κ1) is 7.94. The Morgan fingerprint density at radius 2 is 2.43 bits per heavy atom. The third-order valence-electron chi connectivity index (χ3n) is 2.60. The first-order valence-corrected chi connectivity index (χ1v) is 4.71. The average Bonchev–Trinajstić information content (AvgIpc) is 2.79. The van der Waals surface area contributed by atoms with Crippen LogP contribution in [0.2, 0.25) is 0 Å². The molecule has 2 aliphatic heterocycles. The van der Waals surface area contributed by atoms with Gasteiger partial charge in [0.25, 0.3) is 0 Å². The number of rotatable bonds is 1. The molecule has 2 aliphatic rings. The fraction of sp³-hybridized carbons (Fsp3) is 0.400. The minimum atomic E-state index is -0.162. The van der Waals surface area contributed by atoms with Crippen molar-refractivity contribution in [2.75, 3.05) is 6.61 Å². The zero-order chi connectivity index (χ0) is 9.38. The largest absolute Gasteiger partial charge is 0.363 e. The maximum Gasteiger partial charge on any atom is 0.235 e. The summed E-state index contributed by atoms with van der Waals surface area (Å²) < 4.78 is 5.37. The lowest BCUT2D eigenvalue weighted by molar-refractivity contribution is -0.106. The van der Waals surface area contributed by atoms with E-state index in [4.69, 9.17) is 9.57 Å². The highest BCUT2D eigenvalue weighted by atomic mass is 16.8. The molecule has 0 radical (unpaired) electrons. The van der Waals surface area contributed by atoms with Crippen LogP contribution in [0.3, 0.4) is 0 Å². The van der Waals surface area contributed by atoms with Crippen LogP contribution in [0.5, 0.6) is 0 Å². The summed E-state index contributed by atoms with van der Waals surface area (Å²) in [5.74, 6) is 0.291. The Morgan fingerprint density at radius 1 is 1.43 bits per heavy atom. The van der Waals surface area contributed by atoms with Crippen LogP contribution in [-0.2, 0) is 9.57 Å². The number of nitrogens with zero attached hydrogens (tertiary/aromatic N) is 2. The van der Waals surface area contributed by atoms with Crippen LogP contribution in [0, 0.1) is 5.92 Å². The summed E-state index contributed by atoms with van der Waals surface area (Å²) in [5.41, 5.74) is 2.01. The van der Waals surface area contributed by atoms with Crippen molar-refractivity contribution in [1.82, 2.24) is 4.98 Å². The van der Waals surface area contributed by atoms with Gasteiger partial charge in [-0.05, 0) is 18.6 Å². The second-order valence-electron chi connectivity index (χ2n) is 3.46. The highest BCUT2D eigenvalue weighted by Crippen LogP contribution is 2.31. The van der Waals surface area contributed by atoms with Crippen LogP contribution in [0.25, 0.3) is 0 Å². The summed E-state index contributed by atoms with van der Waals surface area (Å²) in [4.78, 5) is 9.25. The molecule has 14 heavy (non-hydrogen) atoms. The third kappa shape index (κ3) is 1.11. The van der Waals surface area contributed by atoms with Gasteiger partial charge in [-0.2, -0.15) is 0 Å². The van der Waals surface area contributed by atoms with Gasteiger partial charge in [-0.3, -0.25) is 4.98 Å². The highest BCUT2D eigenvalue weighted by molar-refractivity contribution is 6.02.